The fourth-order valence-corrected chi connectivity index (χ4v) is 3.58. The van der Waals surface area contributed by atoms with Gasteiger partial charge in [-0.3, -0.25) is 4.79 Å². The van der Waals surface area contributed by atoms with Crippen LogP contribution in [-0.4, -0.2) is 11.1 Å². The highest BCUT2D eigenvalue weighted by molar-refractivity contribution is 6.21. The van der Waals surface area contributed by atoms with Crippen LogP contribution in [0.15, 0.2) is 66.7 Å². The van der Waals surface area contributed by atoms with Gasteiger partial charge in [-0.25, -0.2) is 0 Å². The lowest BCUT2D eigenvalue weighted by molar-refractivity contribution is -0.137. The predicted molar refractivity (Wildman–Crippen MR) is 99.5 cm³/mol. The zero-order chi connectivity index (χ0) is 16.5. The number of rotatable bonds is 4. The number of hydrogen-bond donors (Lipinski definition) is 1. The molecule has 4 aromatic carbocycles. The summed E-state index contributed by atoms with van der Waals surface area (Å²) in [5.41, 5.74) is 1.23. The van der Waals surface area contributed by atoms with Crippen LogP contribution in [0, 0.1) is 0 Å². The summed E-state index contributed by atoms with van der Waals surface area (Å²) in [6.45, 7) is 0. The van der Waals surface area contributed by atoms with Crippen molar-refractivity contribution in [1.29, 1.82) is 0 Å². The molecule has 0 fully saturated rings. The van der Waals surface area contributed by atoms with E-state index in [0.29, 0.717) is 6.42 Å². The summed E-state index contributed by atoms with van der Waals surface area (Å²) in [4.78, 5) is 10.8. The third-order valence-electron chi connectivity index (χ3n) is 4.67. The van der Waals surface area contributed by atoms with Crippen LogP contribution >= 0.6 is 0 Å². The summed E-state index contributed by atoms with van der Waals surface area (Å²) in [6.07, 6.45) is 1.66. The maximum atomic E-state index is 10.8. The molecule has 0 aliphatic rings. The zero-order valence-corrected chi connectivity index (χ0v) is 13.3. The molecular weight excluding hydrogens is 296 g/mol. The summed E-state index contributed by atoms with van der Waals surface area (Å²) in [5, 5.41) is 16.4. The van der Waals surface area contributed by atoms with Crippen LogP contribution in [0.4, 0.5) is 0 Å². The molecule has 0 radical (unpaired) electrons. The number of fused-ring (bicyclic) bond motifs is 5. The highest BCUT2D eigenvalue weighted by atomic mass is 16.4. The molecule has 1 N–H and O–H groups in total. The quantitative estimate of drug-likeness (QED) is 0.501. The Labute approximate surface area is 140 Å². The van der Waals surface area contributed by atoms with Gasteiger partial charge in [0.2, 0.25) is 0 Å². The topological polar surface area (TPSA) is 37.3 Å². The normalized spacial score (nSPS) is 11.3. The minimum absolute atomic E-state index is 0.210. The van der Waals surface area contributed by atoms with Crippen molar-refractivity contribution in [2.24, 2.45) is 0 Å². The van der Waals surface area contributed by atoms with E-state index in [1.807, 2.05) is 0 Å². The van der Waals surface area contributed by atoms with Gasteiger partial charge in [0, 0.05) is 6.42 Å². The Morgan fingerprint density at radius 2 is 1.46 bits per heavy atom. The highest BCUT2D eigenvalue weighted by Gasteiger charge is 2.10. The minimum Gasteiger partial charge on any atom is -0.481 e. The van der Waals surface area contributed by atoms with E-state index < -0.39 is 5.97 Å². The predicted octanol–water partition coefficient (Wildman–Crippen LogP) is 5.55. The molecule has 0 bridgehead atoms. The van der Waals surface area contributed by atoms with Gasteiger partial charge in [-0.15, -0.1) is 0 Å². The summed E-state index contributed by atoms with van der Waals surface area (Å²) in [5.74, 6) is -0.731. The third kappa shape index (κ3) is 2.50. The first kappa shape index (κ1) is 14.7. The van der Waals surface area contributed by atoms with E-state index >= 15 is 0 Å². The molecule has 2 nitrogen and oxygen atoms in total. The number of carboxylic acid groups (broad SMARTS) is 1. The molecule has 0 aromatic heterocycles. The van der Waals surface area contributed by atoms with Crippen molar-refractivity contribution in [3.63, 3.8) is 0 Å². The maximum Gasteiger partial charge on any atom is 0.303 e. The van der Waals surface area contributed by atoms with Gasteiger partial charge in [0.1, 0.15) is 0 Å². The fourth-order valence-electron chi connectivity index (χ4n) is 3.58. The Kier molecular flexibility index (Phi) is 3.66. The lowest BCUT2D eigenvalue weighted by Gasteiger charge is -2.13. The van der Waals surface area contributed by atoms with Crippen LogP contribution < -0.4 is 0 Å². The van der Waals surface area contributed by atoms with Gasteiger partial charge in [0.15, 0.2) is 0 Å². The Bertz CT molecular complexity index is 1050. The van der Waals surface area contributed by atoms with Crippen LogP contribution in [0.3, 0.4) is 0 Å². The SMILES string of the molecule is O=C(O)CCCc1cc2ccccc2c2c1ccc1ccccc12. The Balaban J connectivity index is 2.01. The average molecular weight is 314 g/mol. The molecule has 24 heavy (non-hydrogen) atoms. The van der Waals surface area contributed by atoms with E-state index in [1.54, 1.807) is 0 Å². The molecule has 0 heterocycles. The summed E-state index contributed by atoms with van der Waals surface area (Å²) < 4.78 is 0. The molecule has 4 rings (SSSR count). The number of carbonyl (C=O) groups is 1. The van der Waals surface area contributed by atoms with Crippen LogP contribution in [0.25, 0.3) is 32.3 Å². The van der Waals surface area contributed by atoms with Crippen molar-refractivity contribution in [1.82, 2.24) is 0 Å². The van der Waals surface area contributed by atoms with Crippen molar-refractivity contribution in [2.75, 3.05) is 0 Å². The Morgan fingerprint density at radius 3 is 2.21 bits per heavy atom. The number of aryl methyl sites for hydroxylation is 1. The largest absolute Gasteiger partial charge is 0.481 e. The molecule has 0 saturated carbocycles. The molecular formula is C22H18O2. The first-order chi connectivity index (χ1) is 11.7. The zero-order valence-electron chi connectivity index (χ0n) is 13.3. The Hall–Kier alpha value is -2.87. The first-order valence-electron chi connectivity index (χ1n) is 8.28. The Morgan fingerprint density at radius 1 is 0.792 bits per heavy atom. The van der Waals surface area contributed by atoms with Crippen LogP contribution in [0.2, 0.25) is 0 Å². The average Bonchev–Trinajstić information content (AvgIpc) is 2.61. The van der Waals surface area contributed by atoms with E-state index in [0.717, 1.165) is 6.42 Å². The fraction of sp³-hybridized carbons (Fsp3) is 0.136. The molecule has 0 atom stereocenters. The lowest BCUT2D eigenvalue weighted by atomic mass is 9.91. The number of hydrogen-bond acceptors (Lipinski definition) is 1. The van der Waals surface area contributed by atoms with E-state index in [2.05, 4.69) is 66.7 Å². The molecule has 0 aliphatic carbocycles. The molecule has 0 amide bonds. The number of carboxylic acids is 1. The summed E-state index contributed by atoms with van der Waals surface area (Å²) in [7, 11) is 0. The molecule has 0 spiro atoms. The standard InChI is InChI=1S/C22H18O2/c23-21(24)11-5-8-17-14-16-7-2-4-10-19(16)22-18-9-3-1-6-15(18)12-13-20(17)22/h1-4,6-7,9-10,12-14H,5,8,11H2,(H,23,24). The van der Waals surface area contributed by atoms with Gasteiger partial charge in [-0.1, -0.05) is 66.7 Å². The van der Waals surface area contributed by atoms with Gasteiger partial charge in [-0.05, 0) is 50.7 Å². The van der Waals surface area contributed by atoms with Gasteiger partial charge in [0.25, 0.3) is 0 Å². The lowest BCUT2D eigenvalue weighted by Crippen LogP contribution is -1.97. The maximum absolute atomic E-state index is 10.8. The highest BCUT2D eigenvalue weighted by Crippen LogP contribution is 2.35. The monoisotopic (exact) mass is 314 g/mol. The van der Waals surface area contributed by atoms with Crippen molar-refractivity contribution >= 4 is 38.3 Å². The second kappa shape index (κ2) is 5.97. The van der Waals surface area contributed by atoms with Crippen LogP contribution in [0.5, 0.6) is 0 Å². The van der Waals surface area contributed by atoms with Gasteiger partial charge < -0.3 is 5.11 Å². The van der Waals surface area contributed by atoms with Gasteiger partial charge >= 0.3 is 5.97 Å². The van der Waals surface area contributed by atoms with E-state index in [9.17, 15) is 4.79 Å². The van der Waals surface area contributed by atoms with E-state index in [4.69, 9.17) is 5.11 Å². The van der Waals surface area contributed by atoms with Crippen molar-refractivity contribution in [3.8, 4) is 0 Å². The first-order valence-corrected chi connectivity index (χ1v) is 8.28. The second-order valence-corrected chi connectivity index (χ2v) is 6.21. The van der Waals surface area contributed by atoms with Gasteiger partial charge in [0.05, 0.1) is 0 Å². The summed E-state index contributed by atoms with van der Waals surface area (Å²) >= 11 is 0. The smallest absolute Gasteiger partial charge is 0.303 e. The molecule has 0 aliphatic heterocycles. The molecule has 0 saturated heterocycles. The van der Waals surface area contributed by atoms with Crippen molar-refractivity contribution < 1.29 is 9.90 Å². The molecule has 118 valence electrons. The number of aliphatic carboxylic acids is 1. The molecule has 2 heteroatoms. The van der Waals surface area contributed by atoms with Crippen molar-refractivity contribution in [2.45, 2.75) is 19.3 Å². The molecule has 0 unspecified atom stereocenters. The van der Waals surface area contributed by atoms with Crippen molar-refractivity contribution in [3.05, 3.63) is 72.3 Å². The third-order valence-corrected chi connectivity index (χ3v) is 4.67. The number of benzene rings is 4. The van der Waals surface area contributed by atoms with E-state index in [-0.39, 0.29) is 6.42 Å². The summed E-state index contributed by atoms with van der Waals surface area (Å²) in [6, 6.07) is 23.4. The van der Waals surface area contributed by atoms with Gasteiger partial charge in [-0.2, -0.15) is 0 Å². The minimum atomic E-state index is -0.731. The molecule has 4 aromatic rings. The second-order valence-electron chi connectivity index (χ2n) is 6.21. The van der Waals surface area contributed by atoms with Crippen LogP contribution in [-0.2, 0) is 11.2 Å². The van der Waals surface area contributed by atoms with Crippen LogP contribution in [0.1, 0.15) is 18.4 Å². The van der Waals surface area contributed by atoms with E-state index in [1.165, 1.54) is 37.9 Å².